The summed E-state index contributed by atoms with van der Waals surface area (Å²) in [6, 6.07) is 26.5. The van der Waals surface area contributed by atoms with Crippen molar-refractivity contribution in [1.82, 2.24) is 10.7 Å². The predicted molar refractivity (Wildman–Crippen MR) is 192 cm³/mol. The van der Waals surface area contributed by atoms with Crippen molar-refractivity contribution < 1.29 is 41.0 Å². The van der Waals surface area contributed by atoms with Crippen LogP contribution < -0.4 is 26.9 Å². The molecule has 0 spiro atoms. The monoisotopic (exact) mass is 740 g/mol. The number of methoxy groups -OCH3 is 1. The van der Waals surface area contributed by atoms with E-state index in [1.54, 1.807) is 45.0 Å². The second-order valence-electron chi connectivity index (χ2n) is 11.4. The van der Waals surface area contributed by atoms with Gasteiger partial charge in [-0.2, -0.15) is 26.7 Å². The highest BCUT2D eigenvalue weighted by molar-refractivity contribution is 7.90. The molecular weight excluding hydrogens is 701 g/mol. The van der Waals surface area contributed by atoms with Gasteiger partial charge in [-0.05, 0) is 72.7 Å². The zero-order valence-corrected chi connectivity index (χ0v) is 29.5. The second-order valence-corrected chi connectivity index (χ2v) is 13.0. The number of nitrogens with zero attached hydrogens (tertiary/aromatic N) is 2. The normalized spacial score (nSPS) is 12.5. The third-order valence-corrected chi connectivity index (χ3v) is 9.17. The number of carboxylic acids is 1. The van der Waals surface area contributed by atoms with Crippen LogP contribution in [0.5, 0.6) is 5.75 Å². The van der Waals surface area contributed by atoms with Crippen LogP contribution in [0.2, 0.25) is 0 Å². The lowest BCUT2D eigenvalue weighted by atomic mass is 9.99. The van der Waals surface area contributed by atoms with Crippen LogP contribution in [-0.2, 0) is 21.2 Å². The number of carbonyl (C=O) groups is 2. The minimum absolute atomic E-state index is 0.105. The maximum atomic E-state index is 13.3. The maximum Gasteiger partial charge on any atom is 0.490 e. The van der Waals surface area contributed by atoms with Crippen LogP contribution in [0, 0.1) is 20.8 Å². The number of alkyl halides is 3. The van der Waals surface area contributed by atoms with E-state index in [1.165, 1.54) is 13.3 Å². The quantitative estimate of drug-likeness (QED) is 0.0776. The molecule has 0 aliphatic carbocycles. The van der Waals surface area contributed by atoms with E-state index in [2.05, 4.69) is 20.2 Å². The number of hydrogen-bond acceptors (Lipinski definition) is 7. The summed E-state index contributed by atoms with van der Waals surface area (Å²) < 4.78 is 67.6. The molecule has 0 aromatic heterocycles. The average molecular weight is 741 g/mol. The summed E-state index contributed by atoms with van der Waals surface area (Å²) in [6.07, 6.45) is -3.29. The highest BCUT2D eigenvalue weighted by atomic mass is 32.2. The van der Waals surface area contributed by atoms with Crippen molar-refractivity contribution in [2.24, 2.45) is 21.0 Å². The molecule has 0 aliphatic rings. The Morgan fingerprint density at radius 2 is 1.48 bits per heavy atom. The number of halogens is 3. The lowest BCUT2D eigenvalue weighted by Gasteiger charge is -2.19. The highest BCUT2D eigenvalue weighted by Crippen LogP contribution is 2.31. The van der Waals surface area contributed by atoms with Crippen molar-refractivity contribution in [3.8, 4) is 5.75 Å². The number of ether oxygens (including phenoxy) is 1. The van der Waals surface area contributed by atoms with Crippen LogP contribution in [-0.4, -0.2) is 56.9 Å². The molecule has 1 unspecified atom stereocenters. The van der Waals surface area contributed by atoms with Gasteiger partial charge in [0.05, 0.1) is 18.0 Å². The molecule has 4 aromatic carbocycles. The number of hydrazone groups is 1. The first-order valence-electron chi connectivity index (χ1n) is 15.5. The van der Waals surface area contributed by atoms with E-state index in [0.717, 1.165) is 16.7 Å². The maximum absolute atomic E-state index is 13.3. The van der Waals surface area contributed by atoms with Crippen molar-refractivity contribution in [3.05, 3.63) is 130 Å². The van der Waals surface area contributed by atoms with E-state index in [4.69, 9.17) is 26.1 Å². The lowest BCUT2D eigenvalue weighted by Crippen LogP contribution is -2.36. The molecule has 12 nitrogen and oxygen atoms in total. The van der Waals surface area contributed by atoms with Gasteiger partial charge in [0.2, 0.25) is 0 Å². The lowest BCUT2D eigenvalue weighted by molar-refractivity contribution is -0.192. The molecule has 0 saturated carbocycles. The predicted octanol–water partition coefficient (Wildman–Crippen LogP) is 5.29. The van der Waals surface area contributed by atoms with Crippen LogP contribution in [0.1, 0.15) is 45.0 Å². The van der Waals surface area contributed by atoms with E-state index in [1.807, 2.05) is 66.7 Å². The Hall–Kier alpha value is -5.74. The SMILES string of the molecule is COc1cc(C)c(S(=O)(=O)N=C(N)c2cccc(CC(N)C=NNC(=O)NC(c3ccccc3)c3ccccc3)c2)c(C)c1C.O=C(O)C(F)(F)F. The molecule has 4 rings (SSSR count). The number of benzene rings is 4. The van der Waals surface area contributed by atoms with Crippen LogP contribution in [0.25, 0.3) is 0 Å². The number of urea groups is 1. The Morgan fingerprint density at radius 1 is 0.923 bits per heavy atom. The molecule has 0 heterocycles. The molecule has 4 aromatic rings. The summed E-state index contributed by atoms with van der Waals surface area (Å²) in [5.41, 5.74) is 19.8. The number of amides is 2. The molecule has 0 aliphatic heterocycles. The van der Waals surface area contributed by atoms with Gasteiger partial charge in [0.25, 0.3) is 10.0 Å². The molecular formula is C36H39F3N6O6S. The van der Waals surface area contributed by atoms with E-state index < -0.39 is 34.2 Å². The fraction of sp³-hybridized carbons (Fsp3) is 0.222. The van der Waals surface area contributed by atoms with Gasteiger partial charge in [0.1, 0.15) is 11.6 Å². The van der Waals surface area contributed by atoms with Crippen LogP contribution in [0.4, 0.5) is 18.0 Å². The number of hydrogen-bond donors (Lipinski definition) is 5. The van der Waals surface area contributed by atoms with Gasteiger partial charge < -0.3 is 26.6 Å². The van der Waals surface area contributed by atoms with Crippen LogP contribution in [0.15, 0.2) is 105 Å². The van der Waals surface area contributed by atoms with Gasteiger partial charge in [0.15, 0.2) is 0 Å². The fourth-order valence-electron chi connectivity index (χ4n) is 5.05. The number of carboxylic acid groups (broad SMARTS) is 1. The Labute approximate surface area is 299 Å². The standard InChI is InChI=1S/C34H38N6O4S.C2HF3O2/c1-22-18-30(44-4)23(2)24(3)32(22)45(42,43)40-33(36)28-17-11-12-25(19-28)20-29(35)21-37-39-34(41)38-31(26-13-7-5-8-14-26)27-15-9-6-10-16-27;3-2(4,5)1(6)7/h5-19,21,29,31H,20,35H2,1-4H3,(H2,36,40)(H2,38,39,41);(H,6,7). The van der Waals surface area contributed by atoms with Crippen molar-refractivity contribution in [2.45, 2.75) is 50.3 Å². The molecule has 0 radical (unpaired) electrons. The molecule has 16 heteroatoms. The Bertz CT molecular complexity index is 1990. The average Bonchev–Trinajstić information content (AvgIpc) is 3.09. The molecule has 0 fully saturated rings. The summed E-state index contributed by atoms with van der Waals surface area (Å²) in [5.74, 6) is -2.29. The van der Waals surface area contributed by atoms with Crippen LogP contribution in [0.3, 0.4) is 0 Å². The first-order valence-corrected chi connectivity index (χ1v) is 17.0. The Kier molecular flexibility index (Phi) is 14.1. The number of sulfonamides is 1. The molecule has 1 atom stereocenters. The minimum Gasteiger partial charge on any atom is -0.496 e. The van der Waals surface area contributed by atoms with E-state index in [9.17, 15) is 26.4 Å². The molecule has 2 amide bonds. The van der Waals surface area contributed by atoms with Crippen molar-refractivity contribution >= 4 is 34.1 Å². The molecule has 0 bridgehead atoms. The number of nitrogens with one attached hydrogen (secondary N) is 2. The Morgan fingerprint density at radius 3 is 2.00 bits per heavy atom. The molecule has 0 saturated heterocycles. The smallest absolute Gasteiger partial charge is 0.490 e. The number of amidine groups is 1. The first kappa shape index (κ1) is 40.7. The fourth-order valence-corrected chi connectivity index (χ4v) is 6.51. The highest BCUT2D eigenvalue weighted by Gasteiger charge is 2.38. The number of carbonyl (C=O) groups excluding carboxylic acids is 1. The van der Waals surface area contributed by atoms with Gasteiger partial charge in [-0.1, -0.05) is 78.9 Å². The summed E-state index contributed by atoms with van der Waals surface area (Å²) in [4.78, 5) is 21.7. The van der Waals surface area contributed by atoms with Gasteiger partial charge in [0, 0.05) is 17.8 Å². The number of rotatable bonds is 11. The third-order valence-electron chi connectivity index (χ3n) is 7.58. The summed E-state index contributed by atoms with van der Waals surface area (Å²) in [5, 5.41) is 14.1. The summed E-state index contributed by atoms with van der Waals surface area (Å²) >= 11 is 0. The number of aryl methyl sites for hydroxylation is 1. The van der Waals surface area contributed by atoms with E-state index in [0.29, 0.717) is 34.4 Å². The summed E-state index contributed by atoms with van der Waals surface area (Å²) in [7, 11) is -2.56. The second kappa shape index (κ2) is 18.0. The van der Waals surface area contributed by atoms with E-state index in [-0.39, 0.29) is 16.8 Å². The van der Waals surface area contributed by atoms with Gasteiger partial charge in [-0.15, -0.1) is 4.40 Å². The molecule has 276 valence electrons. The third kappa shape index (κ3) is 11.4. The zero-order valence-electron chi connectivity index (χ0n) is 28.7. The number of aliphatic carboxylic acids is 1. The first-order chi connectivity index (χ1) is 24.4. The van der Waals surface area contributed by atoms with Crippen molar-refractivity contribution in [3.63, 3.8) is 0 Å². The molecule has 52 heavy (non-hydrogen) atoms. The molecule has 7 N–H and O–H groups in total. The Balaban J connectivity index is 0.000000944. The van der Waals surface area contributed by atoms with Gasteiger partial charge in [-0.3, -0.25) is 0 Å². The van der Waals surface area contributed by atoms with Crippen LogP contribution >= 0.6 is 0 Å². The largest absolute Gasteiger partial charge is 0.496 e. The van der Waals surface area contributed by atoms with Gasteiger partial charge in [-0.25, -0.2) is 15.0 Å². The number of nitrogens with two attached hydrogens (primary N) is 2. The zero-order chi connectivity index (χ0) is 38.6. The van der Waals surface area contributed by atoms with Crippen molar-refractivity contribution in [2.75, 3.05) is 7.11 Å². The van der Waals surface area contributed by atoms with Gasteiger partial charge >= 0.3 is 18.2 Å². The van der Waals surface area contributed by atoms with Crippen molar-refractivity contribution in [1.29, 1.82) is 0 Å². The summed E-state index contributed by atoms with van der Waals surface area (Å²) in [6.45, 7) is 5.21. The topological polar surface area (TPSA) is 199 Å². The minimum atomic E-state index is -5.08. The van der Waals surface area contributed by atoms with E-state index >= 15 is 0 Å².